The zero-order valence-electron chi connectivity index (χ0n) is 82.2. The fourth-order valence-electron chi connectivity index (χ4n) is 19.4. The van der Waals surface area contributed by atoms with Crippen LogP contribution in [0.2, 0.25) is 0 Å². The van der Waals surface area contributed by atoms with Crippen LogP contribution in [0.1, 0.15) is 197 Å². The normalized spacial score (nSPS) is 24.9. The lowest BCUT2D eigenvalue weighted by Gasteiger charge is -2.36. The van der Waals surface area contributed by atoms with E-state index in [0.717, 1.165) is 57.7 Å². The summed E-state index contributed by atoms with van der Waals surface area (Å²) in [7, 11) is 3.92. The number of ketones is 1. The third-order valence-electron chi connectivity index (χ3n) is 27.6. The van der Waals surface area contributed by atoms with Crippen molar-refractivity contribution in [3.05, 3.63) is 120 Å². The molecule has 21 N–H and O–H groups in total. The molecule has 4 fully saturated rings. The van der Waals surface area contributed by atoms with Gasteiger partial charge in [-0.3, -0.25) is 86.3 Å². The minimum atomic E-state index is -1.90. The lowest BCUT2D eigenvalue weighted by atomic mass is 9.78. The van der Waals surface area contributed by atoms with Crippen LogP contribution in [0.5, 0.6) is 5.75 Å². The van der Waals surface area contributed by atoms with Crippen LogP contribution in [0.3, 0.4) is 0 Å². The number of nitrogens with two attached hydrogens (primary N) is 3. The van der Waals surface area contributed by atoms with E-state index >= 15 is 47.9 Å². The Labute approximate surface area is 834 Å². The molecule has 778 valence electrons. The van der Waals surface area contributed by atoms with E-state index in [-0.39, 0.29) is 127 Å². The molecule has 0 spiro atoms. The van der Waals surface area contributed by atoms with Gasteiger partial charge in [-0.15, -0.1) is 11.8 Å². The van der Waals surface area contributed by atoms with Gasteiger partial charge in [0, 0.05) is 118 Å². The number of primary amides is 1. The summed E-state index contributed by atoms with van der Waals surface area (Å²) in [6, 6.07) is 0.372. The van der Waals surface area contributed by atoms with E-state index in [9.17, 15) is 53.7 Å². The predicted octanol–water partition coefficient (Wildman–Crippen LogP) is 2.42. The third kappa shape index (κ3) is 31.6. The Kier molecular flexibility index (Phi) is 42.8. The summed E-state index contributed by atoms with van der Waals surface area (Å²) < 4.78 is 0. The number of phenolic OH excluding ortho intramolecular Hbond substituents is 1. The number of carboxylic acids is 2. The molecule has 1 saturated carbocycles. The first-order valence-corrected chi connectivity index (χ1v) is 50.9. The number of benzene rings is 3. The lowest BCUT2D eigenvalue weighted by molar-refractivity contribution is -0.149. The monoisotopic (exact) mass is 2000 g/mol. The quantitative estimate of drug-likeness (QED) is 0.0278. The number of nitrogens with zero attached hydrogens (tertiary/aromatic N) is 6. The largest absolute Gasteiger partial charge is 0.508 e. The second-order valence-electron chi connectivity index (χ2n) is 37.9. The molecule has 43 heteroatoms. The number of amides is 15. The van der Waals surface area contributed by atoms with Gasteiger partial charge in [0.15, 0.2) is 5.78 Å². The molecule has 4 aliphatic rings. The molecule has 3 saturated heterocycles. The minimum absolute atomic E-state index is 0.00171. The van der Waals surface area contributed by atoms with Gasteiger partial charge in [0.05, 0.1) is 36.8 Å². The first-order chi connectivity index (χ1) is 68.5. The van der Waals surface area contributed by atoms with Gasteiger partial charge >= 0.3 is 11.9 Å². The van der Waals surface area contributed by atoms with Crippen molar-refractivity contribution in [1.82, 2.24) is 92.3 Å². The molecule has 0 bridgehead atoms. The Hall–Kier alpha value is -13.3. The van der Waals surface area contributed by atoms with Crippen LogP contribution in [-0.2, 0) is 112 Å². The van der Waals surface area contributed by atoms with Crippen molar-refractivity contribution in [2.75, 3.05) is 65.4 Å². The van der Waals surface area contributed by atoms with E-state index in [1.807, 2.05) is 56.3 Å². The van der Waals surface area contributed by atoms with Crippen molar-refractivity contribution in [3.63, 3.8) is 0 Å². The summed E-state index contributed by atoms with van der Waals surface area (Å²) in [6.45, 7) is 4.49. The van der Waals surface area contributed by atoms with Gasteiger partial charge in [-0.2, -0.15) is 0 Å². The number of nitrogens with one attached hydrogen (secondary N) is 12. The van der Waals surface area contributed by atoms with Crippen molar-refractivity contribution < 1.29 is 102 Å². The average Bonchev–Trinajstić information content (AvgIpc) is 1.64. The second-order valence-corrected chi connectivity index (χ2v) is 38.9. The number of hydrogen-bond donors (Lipinski definition) is 18. The van der Waals surface area contributed by atoms with Crippen molar-refractivity contribution in [3.8, 4) is 5.75 Å². The molecule has 6 aromatic rings. The van der Waals surface area contributed by atoms with Crippen molar-refractivity contribution in [1.29, 1.82) is 0 Å². The zero-order chi connectivity index (χ0) is 104. The third-order valence-corrected chi connectivity index (χ3v) is 28.7. The standard InChI is InChI=1S/C100H141N21O21S/c1-7-9-31-79-94(136)111-72(38-39-86(126)127)92(134)116-78(90(132)107-53-84(103)124)55-143-56-85(125)109-75(43-59-34-36-66(122)37-35-59)96(138)117(4)58(3)88(130)114-77(49-87(128)129)99(141)120-42-22-33-80(120)95(137)113-74(48-65-52-104-57-108-65)93(135)112-73(30-19-21-41-102)98(140)121-54-64(60-23-12-11-13-24-60)46-82(121)83(123)47-61(44-62-50-105-69-27-16-14-25-67(62)69)89(131)110-71(29-18-20-40-101)91(133)115-76(45-63-51-106-70-28-17-15-26-68(63)70)97(139)119(6)81(32-10-8-2)100(142)118(79)5/h14-17,25-28,34-37,50-52,57-58,60-61,64,71-82,105-106,122H,7-13,18-24,29-33,38-49,53-56,101-102H2,1-6H3,(H2,103,124)(H,104,108)(H,107,132)(H,109,125)(H,110,131)(H,111,136)(H,112,135)(H,113,137)(H,114,130)(H,115,133)(H,116,134)(H,126,127)(H,128,129)/t58-,61+,64+,71-,72-,73-,74-,75-,76-,77-,78-,79-,80-,81-,82-/m0/s1. The van der Waals surface area contributed by atoms with E-state index in [1.54, 1.807) is 18.5 Å². The number of aromatic amines is 3. The summed E-state index contributed by atoms with van der Waals surface area (Å²) in [5.74, 6) is -19.7. The maximum absolute atomic E-state index is 16.1. The van der Waals surface area contributed by atoms with Crippen LogP contribution >= 0.6 is 11.8 Å². The van der Waals surface area contributed by atoms with Gasteiger partial charge in [-0.05, 0) is 156 Å². The summed E-state index contributed by atoms with van der Waals surface area (Å²) in [5, 5.41) is 56.4. The number of unbranched alkanes of at least 4 members (excludes halogenated alkanes) is 4. The molecule has 143 heavy (non-hydrogen) atoms. The number of fused-ring (bicyclic) bond motifs is 4. The molecule has 10 rings (SSSR count). The summed E-state index contributed by atoms with van der Waals surface area (Å²) in [4.78, 5) is 286. The van der Waals surface area contributed by atoms with Gasteiger partial charge in [0.1, 0.15) is 78.3 Å². The minimum Gasteiger partial charge on any atom is -0.508 e. The molecule has 0 radical (unpaired) electrons. The first-order valence-electron chi connectivity index (χ1n) is 49.7. The molecule has 3 aromatic carbocycles. The number of Topliss-reactive ketones (excluding diaryl/α,β-unsaturated/α-hetero) is 1. The van der Waals surface area contributed by atoms with Gasteiger partial charge in [-0.25, -0.2) is 4.98 Å². The molecule has 15 atom stereocenters. The molecular weight excluding hydrogens is 1860 g/mol. The highest BCUT2D eigenvalue weighted by molar-refractivity contribution is 8.00. The number of aliphatic carboxylic acids is 2. The van der Waals surface area contributed by atoms with Crippen LogP contribution in [0.25, 0.3) is 21.8 Å². The Morgan fingerprint density at radius 1 is 0.503 bits per heavy atom. The number of aromatic hydroxyl groups is 1. The Morgan fingerprint density at radius 3 is 1.69 bits per heavy atom. The fraction of sp³-hybridized carbons (Fsp3) is 0.570. The molecule has 6 heterocycles. The predicted molar refractivity (Wildman–Crippen MR) is 530 cm³/mol. The number of aromatic nitrogens is 4. The van der Waals surface area contributed by atoms with E-state index in [2.05, 4.69) is 67.8 Å². The van der Waals surface area contributed by atoms with Crippen molar-refractivity contribution in [2.45, 2.75) is 279 Å². The molecular formula is C100H141N21O21S. The van der Waals surface area contributed by atoms with E-state index in [0.29, 0.717) is 84.3 Å². The number of carboxylic acid groups (broad SMARTS) is 2. The lowest BCUT2D eigenvalue weighted by Crippen LogP contribution is -2.60. The molecule has 0 unspecified atom stereocenters. The number of thioether (sulfide) groups is 1. The van der Waals surface area contributed by atoms with E-state index in [4.69, 9.17) is 17.2 Å². The highest BCUT2D eigenvalue weighted by Crippen LogP contribution is 2.40. The summed E-state index contributed by atoms with van der Waals surface area (Å²) in [5.41, 5.74) is 20.9. The van der Waals surface area contributed by atoms with Crippen molar-refractivity contribution >= 4 is 140 Å². The number of para-hydroxylation sites is 2. The van der Waals surface area contributed by atoms with Gasteiger partial charge in [0.25, 0.3) is 0 Å². The van der Waals surface area contributed by atoms with Crippen LogP contribution in [-0.4, -0.2) is 310 Å². The fourth-order valence-corrected chi connectivity index (χ4v) is 20.3. The maximum atomic E-state index is 16.1. The average molecular weight is 2010 g/mol. The number of phenols is 1. The summed E-state index contributed by atoms with van der Waals surface area (Å²) >= 11 is 0.715. The molecule has 3 aromatic heterocycles. The molecule has 42 nitrogen and oxygen atoms in total. The van der Waals surface area contributed by atoms with Crippen LogP contribution in [0.4, 0.5) is 0 Å². The first kappa shape index (κ1) is 112. The van der Waals surface area contributed by atoms with Gasteiger partial charge in [-0.1, -0.05) is 120 Å². The van der Waals surface area contributed by atoms with E-state index in [1.165, 1.54) is 74.7 Å². The number of H-pyrrole nitrogens is 3. The highest BCUT2D eigenvalue weighted by atomic mass is 32.2. The second kappa shape index (κ2) is 54.8. The number of likely N-dealkylation sites (N-methyl/N-ethyl adjacent to an activating group) is 3. The Bertz CT molecular complexity index is 5420. The van der Waals surface area contributed by atoms with Crippen molar-refractivity contribution in [2.24, 2.45) is 35.0 Å². The number of carbonyl (C=O) groups excluding carboxylic acids is 16. The molecule has 3 aliphatic heterocycles. The van der Waals surface area contributed by atoms with Gasteiger partial charge < -0.3 is 120 Å². The van der Waals surface area contributed by atoms with Crippen LogP contribution in [0, 0.1) is 17.8 Å². The number of carbonyl (C=O) groups is 18. The number of hydrogen-bond acceptors (Lipinski definition) is 23. The SMILES string of the molecule is CCCC[C@H]1C(=O)N(C)[C@@H](CCCC)C(=O)N[C@@H](CCC(=O)O)C(=O)N[C@H](C(=O)NCC(N)=O)CSCC(=O)N[C@@H](Cc2ccc(O)cc2)C(=O)N(C)[C@@H](C)C(=O)N[C@@H](CC(=O)O)C(=O)N2CCC[C@H]2C(=O)N[C@@H](Cc2c[nH]cn2)C(=O)N[C@@H](CCCCN)C(=O)N2C[C@H](C3CCCCC3)C[C@H]2C(=O)C[C@@H](Cc2c[nH]c3ccccc23)C(=O)N[C@@H](CCCCN)C(=O)N[C@@H](Cc2c[nH]c3ccccc23)C(=O)N1C. The Balaban J connectivity index is 1.05. The van der Waals surface area contributed by atoms with Crippen LogP contribution < -0.4 is 65.1 Å². The van der Waals surface area contributed by atoms with Gasteiger partial charge in [0.2, 0.25) is 88.6 Å². The molecule has 1 aliphatic carbocycles. The zero-order valence-corrected chi connectivity index (χ0v) is 83.1. The van der Waals surface area contributed by atoms with E-state index < -0.39 is 235 Å². The Morgan fingerprint density at radius 2 is 1.06 bits per heavy atom. The molecule has 15 amide bonds. The van der Waals surface area contributed by atoms with Crippen LogP contribution in [0.15, 0.2) is 97.7 Å². The highest BCUT2D eigenvalue weighted by Gasteiger charge is 2.48. The number of rotatable bonds is 31. The topological polar surface area (TPSA) is 631 Å². The number of imidazole rings is 1. The smallest absolute Gasteiger partial charge is 0.305 e. The maximum Gasteiger partial charge on any atom is 0.305 e. The summed E-state index contributed by atoms with van der Waals surface area (Å²) in [6.07, 6.45) is 10.1.